The smallest absolute Gasteiger partial charge is 0.213 e. The summed E-state index contributed by atoms with van der Waals surface area (Å²) in [7, 11) is -1.66. The van der Waals surface area contributed by atoms with Crippen LogP contribution in [0.25, 0.3) is 0 Å². The molecule has 3 rings (SSSR count). The molecule has 0 spiro atoms. The second-order valence-corrected chi connectivity index (χ2v) is 9.89. The van der Waals surface area contributed by atoms with Gasteiger partial charge in [-0.25, -0.2) is 13.1 Å². The van der Waals surface area contributed by atoms with E-state index in [1.165, 1.54) is 5.56 Å². The van der Waals surface area contributed by atoms with E-state index in [9.17, 15) is 8.42 Å². The Hall–Kier alpha value is -2.42. The van der Waals surface area contributed by atoms with E-state index in [1.807, 2.05) is 36.4 Å². The molecule has 168 valence electrons. The molecular weight excluding hydrogens is 410 g/mol. The maximum Gasteiger partial charge on any atom is 0.213 e. The minimum Gasteiger partial charge on any atom is -0.355 e. The van der Waals surface area contributed by atoms with Gasteiger partial charge in [-0.15, -0.1) is 0 Å². The molecule has 2 unspecified atom stereocenters. The van der Waals surface area contributed by atoms with Crippen LogP contribution in [0.2, 0.25) is 0 Å². The van der Waals surface area contributed by atoms with E-state index >= 15 is 0 Å². The van der Waals surface area contributed by atoms with Crippen LogP contribution in [-0.2, 0) is 23.1 Å². The third kappa shape index (κ3) is 7.65. The Kier molecular flexibility index (Phi) is 8.45. The van der Waals surface area contributed by atoms with Crippen LogP contribution < -0.4 is 15.4 Å². The van der Waals surface area contributed by atoms with Gasteiger partial charge in [0.1, 0.15) is 0 Å². The number of likely N-dealkylation sites (tertiary alicyclic amines) is 1. The number of rotatable bonds is 9. The Balaban J connectivity index is 1.41. The van der Waals surface area contributed by atoms with Crippen LogP contribution in [0.5, 0.6) is 0 Å². The Morgan fingerprint density at radius 3 is 2.35 bits per heavy atom. The fraction of sp³-hybridized carbons (Fsp3) is 0.435. The van der Waals surface area contributed by atoms with Crippen molar-refractivity contribution in [3.63, 3.8) is 0 Å². The number of hydrogen-bond donors (Lipinski definition) is 3. The first-order valence-corrected chi connectivity index (χ1v) is 12.4. The fourth-order valence-electron chi connectivity index (χ4n) is 3.79. The molecule has 0 saturated carbocycles. The van der Waals surface area contributed by atoms with Crippen LogP contribution in [0.3, 0.4) is 0 Å². The van der Waals surface area contributed by atoms with E-state index in [2.05, 4.69) is 56.4 Å². The first kappa shape index (κ1) is 23.2. The van der Waals surface area contributed by atoms with Crippen LogP contribution in [0.4, 0.5) is 0 Å². The van der Waals surface area contributed by atoms with E-state index in [-0.39, 0.29) is 11.8 Å². The van der Waals surface area contributed by atoms with Crippen molar-refractivity contribution in [1.82, 2.24) is 20.3 Å². The molecule has 31 heavy (non-hydrogen) atoms. The second kappa shape index (κ2) is 11.3. The number of nitrogens with one attached hydrogen (secondary N) is 3. The van der Waals surface area contributed by atoms with E-state index in [0.717, 1.165) is 25.1 Å². The number of guanidine groups is 1. The first-order chi connectivity index (χ1) is 14.9. The van der Waals surface area contributed by atoms with Crippen molar-refractivity contribution in [2.75, 3.05) is 25.9 Å². The highest BCUT2D eigenvalue weighted by molar-refractivity contribution is 7.89. The van der Waals surface area contributed by atoms with Crippen molar-refractivity contribution in [1.29, 1.82) is 0 Å². The lowest BCUT2D eigenvalue weighted by Gasteiger charge is -2.21. The molecule has 0 radical (unpaired) electrons. The predicted octanol–water partition coefficient (Wildman–Crippen LogP) is 1.93. The summed E-state index contributed by atoms with van der Waals surface area (Å²) in [6.45, 7) is 4.68. The minimum absolute atomic E-state index is 0.0122. The van der Waals surface area contributed by atoms with Crippen LogP contribution in [-0.4, -0.2) is 57.3 Å². The molecule has 2 aromatic carbocycles. The lowest BCUT2D eigenvalue weighted by atomic mass is 10.2. The Morgan fingerprint density at radius 1 is 1.06 bits per heavy atom. The molecule has 0 aliphatic carbocycles. The zero-order chi connectivity index (χ0) is 22.1. The van der Waals surface area contributed by atoms with Crippen molar-refractivity contribution in [3.8, 4) is 0 Å². The number of nitrogens with zero attached hydrogens (tertiary/aromatic N) is 2. The highest BCUT2D eigenvalue weighted by Crippen LogP contribution is 2.20. The number of hydrogen-bond acceptors (Lipinski definition) is 4. The van der Waals surface area contributed by atoms with Crippen LogP contribution in [0, 0.1) is 0 Å². The molecule has 1 aliphatic rings. The maximum atomic E-state index is 12.3. The number of sulfonamides is 1. The molecule has 1 saturated heterocycles. The molecule has 0 amide bonds. The average Bonchev–Trinajstić information content (AvgIpc) is 3.11. The summed E-state index contributed by atoms with van der Waals surface area (Å²) in [5, 5.41) is 6.57. The van der Waals surface area contributed by atoms with Gasteiger partial charge in [0.25, 0.3) is 0 Å². The fourth-order valence-corrected chi connectivity index (χ4v) is 4.70. The SMILES string of the molecule is CN=C(NCCS(=O)(=O)NCc1ccccc1)NC1CC(C)N(Cc2ccccc2)C1. The highest BCUT2D eigenvalue weighted by Gasteiger charge is 2.29. The topological polar surface area (TPSA) is 85.8 Å². The molecular formula is C23H33N5O2S. The van der Waals surface area contributed by atoms with Crippen LogP contribution >= 0.6 is 0 Å². The van der Waals surface area contributed by atoms with Gasteiger partial charge < -0.3 is 10.6 Å². The minimum atomic E-state index is -3.37. The van der Waals surface area contributed by atoms with Gasteiger partial charge >= 0.3 is 0 Å². The molecule has 7 nitrogen and oxygen atoms in total. The van der Waals surface area contributed by atoms with Gasteiger partial charge in [0.05, 0.1) is 5.75 Å². The highest BCUT2D eigenvalue weighted by atomic mass is 32.2. The van der Waals surface area contributed by atoms with E-state index in [0.29, 0.717) is 25.1 Å². The average molecular weight is 444 g/mol. The Labute approximate surface area is 186 Å². The summed E-state index contributed by atoms with van der Waals surface area (Å²) >= 11 is 0. The second-order valence-electron chi connectivity index (χ2n) is 7.97. The lowest BCUT2D eigenvalue weighted by molar-refractivity contribution is 0.258. The largest absolute Gasteiger partial charge is 0.355 e. The van der Waals surface area contributed by atoms with Gasteiger partial charge in [0.2, 0.25) is 10.0 Å². The summed E-state index contributed by atoms with van der Waals surface area (Å²) in [6.07, 6.45) is 1.02. The van der Waals surface area contributed by atoms with E-state index in [1.54, 1.807) is 7.05 Å². The van der Waals surface area contributed by atoms with Crippen molar-refractivity contribution < 1.29 is 8.42 Å². The molecule has 1 fully saturated rings. The standard InChI is InChI=1S/C23H33N5O2S/c1-19-15-22(18-28(19)17-21-11-7-4-8-12-21)27-23(24-2)25-13-14-31(29,30)26-16-20-9-5-3-6-10-20/h3-12,19,22,26H,13-18H2,1-2H3,(H2,24,25,27). The Bertz CT molecular complexity index is 935. The van der Waals surface area contributed by atoms with E-state index < -0.39 is 10.0 Å². The molecule has 2 atom stereocenters. The normalized spacial score (nSPS) is 20.0. The van der Waals surface area contributed by atoms with Crippen molar-refractivity contribution in [2.45, 2.75) is 38.5 Å². The zero-order valence-corrected chi connectivity index (χ0v) is 19.1. The molecule has 1 aliphatic heterocycles. The number of aliphatic imine (C=N–C) groups is 1. The van der Waals surface area contributed by atoms with Gasteiger partial charge in [-0.3, -0.25) is 9.89 Å². The van der Waals surface area contributed by atoms with Gasteiger partial charge in [-0.1, -0.05) is 60.7 Å². The summed E-state index contributed by atoms with van der Waals surface area (Å²) in [6, 6.07) is 20.7. The molecule has 3 N–H and O–H groups in total. The van der Waals surface area contributed by atoms with Gasteiger partial charge in [-0.2, -0.15) is 0 Å². The maximum absolute atomic E-state index is 12.3. The quantitative estimate of drug-likeness (QED) is 0.407. The summed E-state index contributed by atoms with van der Waals surface area (Å²) < 4.78 is 27.2. The summed E-state index contributed by atoms with van der Waals surface area (Å²) in [5.41, 5.74) is 2.25. The van der Waals surface area contributed by atoms with Crippen molar-refractivity contribution >= 4 is 16.0 Å². The van der Waals surface area contributed by atoms with Crippen LogP contribution in [0.1, 0.15) is 24.5 Å². The van der Waals surface area contributed by atoms with Gasteiger partial charge in [0.15, 0.2) is 5.96 Å². The Morgan fingerprint density at radius 2 is 1.71 bits per heavy atom. The third-order valence-corrected chi connectivity index (χ3v) is 6.82. The molecule has 1 heterocycles. The predicted molar refractivity (Wildman–Crippen MR) is 126 cm³/mol. The molecule has 0 aromatic heterocycles. The zero-order valence-electron chi connectivity index (χ0n) is 18.3. The van der Waals surface area contributed by atoms with Gasteiger partial charge in [-0.05, 0) is 24.5 Å². The number of benzene rings is 2. The summed E-state index contributed by atoms with van der Waals surface area (Å²) in [5.74, 6) is 0.624. The summed E-state index contributed by atoms with van der Waals surface area (Å²) in [4.78, 5) is 6.72. The first-order valence-electron chi connectivity index (χ1n) is 10.7. The monoisotopic (exact) mass is 443 g/mol. The van der Waals surface area contributed by atoms with Crippen LogP contribution in [0.15, 0.2) is 65.7 Å². The van der Waals surface area contributed by atoms with Crippen molar-refractivity contribution in [2.24, 2.45) is 4.99 Å². The van der Waals surface area contributed by atoms with E-state index in [4.69, 9.17) is 0 Å². The molecule has 0 bridgehead atoms. The van der Waals surface area contributed by atoms with Crippen molar-refractivity contribution in [3.05, 3.63) is 71.8 Å². The molecule has 8 heteroatoms. The van der Waals surface area contributed by atoms with Gasteiger partial charge in [0, 0.05) is 45.3 Å². The lowest BCUT2D eigenvalue weighted by Crippen LogP contribution is -2.46. The third-order valence-electron chi connectivity index (χ3n) is 5.50. The molecule has 2 aromatic rings.